The van der Waals surface area contributed by atoms with Gasteiger partial charge in [-0.3, -0.25) is 10.1 Å². The van der Waals surface area contributed by atoms with Gasteiger partial charge in [0, 0.05) is 11.6 Å². The fraction of sp³-hybridized carbons (Fsp3) is 0.400. The third-order valence-electron chi connectivity index (χ3n) is 2.49. The minimum Gasteiger partial charge on any atom is -0.311 e. The van der Waals surface area contributed by atoms with Gasteiger partial charge in [0.05, 0.1) is 4.92 Å². The molecule has 0 amide bonds. The average Bonchev–Trinajstić information content (AvgIpc) is 2.17. The number of hydrogen-bond donors (Lipinski definition) is 1. The maximum Gasteiger partial charge on any atom is 0.288 e. The van der Waals surface area contributed by atoms with E-state index in [0.717, 1.165) is 5.56 Å². The minimum absolute atomic E-state index is 0.0579. The molecule has 0 heterocycles. The van der Waals surface area contributed by atoms with Crippen LogP contribution in [-0.4, -0.2) is 12.0 Å². The summed E-state index contributed by atoms with van der Waals surface area (Å²) < 4.78 is 0. The largest absolute Gasteiger partial charge is 0.311 e. The third-order valence-corrected chi connectivity index (χ3v) is 2.81. The Labute approximate surface area is 93.4 Å². The van der Waals surface area contributed by atoms with Crippen molar-refractivity contribution >= 4 is 17.3 Å². The molecule has 0 saturated heterocycles. The molecule has 0 aliphatic rings. The lowest BCUT2D eigenvalue weighted by Crippen LogP contribution is -2.33. The highest BCUT2D eigenvalue weighted by molar-refractivity contribution is 6.32. The molecule has 0 aliphatic heterocycles. The van der Waals surface area contributed by atoms with Crippen molar-refractivity contribution < 1.29 is 4.92 Å². The van der Waals surface area contributed by atoms with Gasteiger partial charge in [-0.1, -0.05) is 17.7 Å². The van der Waals surface area contributed by atoms with Gasteiger partial charge in [-0.15, -0.1) is 0 Å². The van der Waals surface area contributed by atoms with Crippen LogP contribution in [0.4, 0.5) is 5.69 Å². The Morgan fingerprint density at radius 3 is 2.53 bits per heavy atom. The first-order valence-corrected chi connectivity index (χ1v) is 4.89. The number of halogens is 1. The number of nitro benzene ring substituents is 1. The second-order valence-electron chi connectivity index (χ2n) is 3.80. The molecule has 82 valence electrons. The molecule has 0 atom stereocenters. The summed E-state index contributed by atoms with van der Waals surface area (Å²) in [5, 5.41) is 13.9. The van der Waals surface area contributed by atoms with E-state index in [2.05, 4.69) is 5.32 Å². The Balaban J connectivity index is 3.25. The lowest BCUT2D eigenvalue weighted by Gasteiger charge is -2.24. The standard InChI is InChI=1S/C10H13ClN2O2/c1-10(2,12-3)7-4-5-8(11)9(6-7)13(14)15/h4-6,12H,1-3H3. The van der Waals surface area contributed by atoms with Crippen molar-refractivity contribution in [3.63, 3.8) is 0 Å². The monoisotopic (exact) mass is 228 g/mol. The number of nitrogens with one attached hydrogen (secondary N) is 1. The summed E-state index contributed by atoms with van der Waals surface area (Å²) in [6.45, 7) is 3.89. The van der Waals surface area contributed by atoms with Crippen LogP contribution >= 0.6 is 11.6 Å². The number of rotatable bonds is 3. The lowest BCUT2D eigenvalue weighted by molar-refractivity contribution is -0.384. The van der Waals surface area contributed by atoms with E-state index >= 15 is 0 Å². The summed E-state index contributed by atoms with van der Waals surface area (Å²) in [4.78, 5) is 10.2. The van der Waals surface area contributed by atoms with Gasteiger partial charge in [-0.05, 0) is 32.5 Å². The average molecular weight is 229 g/mol. The summed E-state index contributed by atoms with van der Waals surface area (Å²) in [6.07, 6.45) is 0. The highest BCUT2D eigenvalue weighted by Gasteiger charge is 2.22. The Kier molecular flexibility index (Phi) is 3.31. The van der Waals surface area contributed by atoms with Crippen molar-refractivity contribution in [2.75, 3.05) is 7.05 Å². The second-order valence-corrected chi connectivity index (χ2v) is 4.21. The smallest absolute Gasteiger partial charge is 0.288 e. The maximum atomic E-state index is 10.7. The summed E-state index contributed by atoms with van der Waals surface area (Å²) in [6, 6.07) is 4.83. The maximum absolute atomic E-state index is 10.7. The molecular formula is C10H13ClN2O2. The predicted octanol–water partition coefficient (Wildman–Crippen LogP) is 2.70. The van der Waals surface area contributed by atoms with Crippen molar-refractivity contribution in [1.82, 2.24) is 5.32 Å². The zero-order chi connectivity index (χ0) is 11.6. The first-order chi connectivity index (χ1) is 6.88. The van der Waals surface area contributed by atoms with Crippen LogP contribution in [0.25, 0.3) is 0 Å². The van der Waals surface area contributed by atoms with E-state index in [1.165, 1.54) is 6.07 Å². The zero-order valence-corrected chi connectivity index (χ0v) is 9.63. The molecule has 0 saturated carbocycles. The molecule has 1 N–H and O–H groups in total. The van der Waals surface area contributed by atoms with Crippen molar-refractivity contribution in [2.45, 2.75) is 19.4 Å². The Morgan fingerprint density at radius 1 is 1.47 bits per heavy atom. The molecule has 0 radical (unpaired) electrons. The van der Waals surface area contributed by atoms with Gasteiger partial charge in [0.15, 0.2) is 0 Å². The molecule has 0 bridgehead atoms. The molecule has 1 aromatic rings. The number of hydrogen-bond acceptors (Lipinski definition) is 3. The molecule has 0 aromatic heterocycles. The van der Waals surface area contributed by atoms with E-state index in [1.54, 1.807) is 19.2 Å². The highest BCUT2D eigenvalue weighted by atomic mass is 35.5. The molecule has 0 spiro atoms. The summed E-state index contributed by atoms with van der Waals surface area (Å²) in [7, 11) is 1.81. The van der Waals surface area contributed by atoms with E-state index in [0.29, 0.717) is 0 Å². The predicted molar refractivity (Wildman–Crippen MR) is 60.2 cm³/mol. The van der Waals surface area contributed by atoms with Crippen molar-refractivity contribution in [3.05, 3.63) is 38.9 Å². The van der Waals surface area contributed by atoms with Crippen LogP contribution < -0.4 is 5.32 Å². The van der Waals surface area contributed by atoms with Crippen LogP contribution in [0.15, 0.2) is 18.2 Å². The molecule has 0 aliphatic carbocycles. The van der Waals surface area contributed by atoms with Gasteiger partial charge in [0.25, 0.3) is 5.69 Å². The van der Waals surface area contributed by atoms with Crippen LogP contribution in [0.1, 0.15) is 19.4 Å². The van der Waals surface area contributed by atoms with Crippen LogP contribution in [0.5, 0.6) is 0 Å². The lowest BCUT2D eigenvalue weighted by atomic mass is 9.94. The van der Waals surface area contributed by atoms with E-state index < -0.39 is 4.92 Å². The summed E-state index contributed by atoms with van der Waals surface area (Å²) in [5.74, 6) is 0. The molecule has 1 rings (SSSR count). The number of benzene rings is 1. The molecule has 1 aromatic carbocycles. The minimum atomic E-state index is -0.475. The SMILES string of the molecule is CNC(C)(C)c1ccc(Cl)c([N+](=O)[O-])c1. The second kappa shape index (κ2) is 4.16. The van der Waals surface area contributed by atoms with Crippen molar-refractivity contribution in [1.29, 1.82) is 0 Å². The summed E-state index contributed by atoms with van der Waals surface area (Å²) >= 11 is 5.72. The highest BCUT2D eigenvalue weighted by Crippen LogP contribution is 2.29. The normalized spacial score (nSPS) is 11.5. The van der Waals surface area contributed by atoms with Gasteiger partial charge in [0.1, 0.15) is 5.02 Å². The zero-order valence-electron chi connectivity index (χ0n) is 8.87. The third kappa shape index (κ3) is 2.46. The number of nitrogens with zero attached hydrogens (tertiary/aromatic N) is 1. The Bertz CT molecular complexity index is 391. The molecule has 5 heteroatoms. The van der Waals surface area contributed by atoms with Crippen LogP contribution in [0.2, 0.25) is 5.02 Å². The van der Waals surface area contributed by atoms with Crippen molar-refractivity contribution in [2.24, 2.45) is 0 Å². The van der Waals surface area contributed by atoms with Crippen molar-refractivity contribution in [3.8, 4) is 0 Å². The van der Waals surface area contributed by atoms with Gasteiger partial charge < -0.3 is 5.32 Å². The molecule has 0 unspecified atom stereocenters. The Morgan fingerprint density at radius 2 is 2.07 bits per heavy atom. The fourth-order valence-electron chi connectivity index (χ4n) is 1.19. The first kappa shape index (κ1) is 11.9. The van der Waals surface area contributed by atoms with Crippen LogP contribution in [0.3, 0.4) is 0 Å². The van der Waals surface area contributed by atoms with Gasteiger partial charge in [-0.2, -0.15) is 0 Å². The van der Waals surface area contributed by atoms with E-state index in [4.69, 9.17) is 11.6 Å². The van der Waals surface area contributed by atoms with E-state index in [9.17, 15) is 10.1 Å². The van der Waals surface area contributed by atoms with Gasteiger partial charge >= 0.3 is 0 Å². The van der Waals surface area contributed by atoms with E-state index in [1.807, 2.05) is 13.8 Å². The first-order valence-electron chi connectivity index (χ1n) is 4.52. The molecule has 0 fully saturated rings. The summed E-state index contributed by atoms with van der Waals surface area (Å²) in [5.41, 5.74) is 0.466. The number of nitro groups is 1. The molecule has 4 nitrogen and oxygen atoms in total. The van der Waals surface area contributed by atoms with Gasteiger partial charge in [-0.25, -0.2) is 0 Å². The quantitative estimate of drug-likeness (QED) is 0.639. The Hall–Kier alpha value is -1.13. The fourth-order valence-corrected chi connectivity index (χ4v) is 1.37. The van der Waals surface area contributed by atoms with Crippen LogP contribution in [-0.2, 0) is 5.54 Å². The molecular weight excluding hydrogens is 216 g/mol. The van der Waals surface area contributed by atoms with E-state index in [-0.39, 0.29) is 16.2 Å². The topological polar surface area (TPSA) is 55.2 Å². The van der Waals surface area contributed by atoms with Gasteiger partial charge in [0.2, 0.25) is 0 Å². The molecule has 15 heavy (non-hydrogen) atoms. The van der Waals surface area contributed by atoms with Crippen LogP contribution in [0, 0.1) is 10.1 Å².